The van der Waals surface area contributed by atoms with E-state index >= 15 is 0 Å². The Hall–Kier alpha value is 0.270. The van der Waals surface area contributed by atoms with Crippen LogP contribution < -0.4 is 11.5 Å². The van der Waals surface area contributed by atoms with Crippen molar-refractivity contribution in [3.63, 3.8) is 0 Å². The molecule has 4 N–H and O–H groups in total. The van der Waals surface area contributed by atoms with Crippen LogP contribution in [0.15, 0.2) is 0 Å². The highest BCUT2D eigenvalue weighted by Gasteiger charge is 1.92. The maximum absolute atomic E-state index is 5.52. The van der Waals surface area contributed by atoms with Crippen molar-refractivity contribution < 1.29 is 0 Å². The van der Waals surface area contributed by atoms with Crippen LogP contribution in [-0.2, 0) is 0 Å². The van der Waals surface area contributed by atoms with E-state index in [0.717, 1.165) is 24.5 Å². The molecule has 9 heavy (non-hydrogen) atoms. The van der Waals surface area contributed by atoms with Gasteiger partial charge in [0.1, 0.15) is 0 Å². The Morgan fingerprint density at radius 3 is 2.67 bits per heavy atom. The SMILES string of the molecule is CC(N)CSCCCN. The molecular weight excluding hydrogens is 132 g/mol. The van der Waals surface area contributed by atoms with Gasteiger partial charge in [-0.05, 0) is 25.6 Å². The molecule has 1 unspecified atom stereocenters. The first-order chi connectivity index (χ1) is 4.27. The molecule has 0 bridgehead atoms. The van der Waals surface area contributed by atoms with Gasteiger partial charge >= 0.3 is 0 Å². The maximum atomic E-state index is 5.52. The Kier molecular flexibility index (Phi) is 6.58. The average molecular weight is 148 g/mol. The second kappa shape index (κ2) is 6.39. The molecule has 0 aliphatic carbocycles. The molecule has 56 valence electrons. The molecule has 2 nitrogen and oxygen atoms in total. The van der Waals surface area contributed by atoms with Gasteiger partial charge in [0.15, 0.2) is 0 Å². The van der Waals surface area contributed by atoms with Crippen LogP contribution in [0.25, 0.3) is 0 Å². The summed E-state index contributed by atoms with van der Waals surface area (Å²) in [5, 5.41) is 0. The van der Waals surface area contributed by atoms with Gasteiger partial charge in [-0.1, -0.05) is 0 Å². The second-order valence-corrected chi connectivity index (χ2v) is 3.34. The normalized spacial score (nSPS) is 13.7. The van der Waals surface area contributed by atoms with Gasteiger partial charge in [-0.15, -0.1) is 0 Å². The zero-order valence-corrected chi connectivity index (χ0v) is 6.79. The largest absolute Gasteiger partial charge is 0.330 e. The molecule has 0 saturated heterocycles. The van der Waals surface area contributed by atoms with Gasteiger partial charge < -0.3 is 11.5 Å². The molecule has 0 spiro atoms. The first-order valence-corrected chi connectivity index (χ1v) is 4.46. The molecule has 0 aromatic heterocycles. The van der Waals surface area contributed by atoms with Crippen LogP contribution in [0.4, 0.5) is 0 Å². The molecule has 0 fully saturated rings. The quantitative estimate of drug-likeness (QED) is 0.555. The lowest BCUT2D eigenvalue weighted by Gasteiger charge is -2.02. The summed E-state index contributed by atoms with van der Waals surface area (Å²) in [5.74, 6) is 2.21. The van der Waals surface area contributed by atoms with Crippen molar-refractivity contribution in [2.75, 3.05) is 18.1 Å². The lowest BCUT2D eigenvalue weighted by atomic mass is 10.4. The van der Waals surface area contributed by atoms with E-state index < -0.39 is 0 Å². The minimum absolute atomic E-state index is 0.327. The summed E-state index contributed by atoms with van der Waals surface area (Å²) in [7, 11) is 0. The molecule has 0 aliphatic rings. The monoisotopic (exact) mass is 148 g/mol. The summed E-state index contributed by atoms with van der Waals surface area (Å²) >= 11 is 1.88. The highest BCUT2D eigenvalue weighted by Crippen LogP contribution is 2.01. The van der Waals surface area contributed by atoms with E-state index in [0.29, 0.717) is 6.04 Å². The third-order valence-corrected chi connectivity index (χ3v) is 2.21. The minimum atomic E-state index is 0.327. The standard InChI is InChI=1S/C6H16N2S/c1-6(8)5-9-4-2-3-7/h6H,2-5,7-8H2,1H3. The summed E-state index contributed by atoms with van der Waals surface area (Å²) in [6.45, 7) is 2.82. The van der Waals surface area contributed by atoms with E-state index in [4.69, 9.17) is 11.5 Å². The topological polar surface area (TPSA) is 52.0 Å². The van der Waals surface area contributed by atoms with Gasteiger partial charge in [0.25, 0.3) is 0 Å². The highest BCUT2D eigenvalue weighted by atomic mass is 32.2. The second-order valence-electron chi connectivity index (χ2n) is 2.19. The van der Waals surface area contributed by atoms with Crippen LogP contribution in [0.3, 0.4) is 0 Å². The van der Waals surface area contributed by atoms with Gasteiger partial charge in [-0.25, -0.2) is 0 Å². The molecule has 1 atom stereocenters. The summed E-state index contributed by atoms with van der Waals surface area (Å²) in [4.78, 5) is 0. The predicted octanol–water partition coefficient (Wildman–Crippen LogP) is 0.416. The molecule has 0 aromatic carbocycles. The molecule has 0 amide bonds. The number of hydrogen-bond donors (Lipinski definition) is 2. The third-order valence-electron chi connectivity index (χ3n) is 0.874. The Morgan fingerprint density at radius 1 is 1.56 bits per heavy atom. The first kappa shape index (κ1) is 9.27. The van der Waals surface area contributed by atoms with Crippen molar-refractivity contribution >= 4 is 11.8 Å². The van der Waals surface area contributed by atoms with Crippen LogP contribution in [0.1, 0.15) is 13.3 Å². The van der Waals surface area contributed by atoms with Gasteiger partial charge in [0.05, 0.1) is 0 Å². The molecule has 3 heteroatoms. The fraction of sp³-hybridized carbons (Fsp3) is 1.00. The maximum Gasteiger partial charge on any atom is 0.0101 e. The smallest absolute Gasteiger partial charge is 0.0101 e. The Bertz CT molecular complexity index is 57.0. The average Bonchev–Trinajstić information content (AvgIpc) is 1.80. The lowest BCUT2D eigenvalue weighted by molar-refractivity contribution is 0.844. The van der Waals surface area contributed by atoms with E-state index in [2.05, 4.69) is 0 Å². The first-order valence-electron chi connectivity index (χ1n) is 3.30. The Labute approximate surface area is 61.4 Å². The van der Waals surface area contributed by atoms with Crippen LogP contribution in [0.2, 0.25) is 0 Å². The zero-order valence-electron chi connectivity index (χ0n) is 5.97. The van der Waals surface area contributed by atoms with Gasteiger partial charge in [0, 0.05) is 11.8 Å². The van der Waals surface area contributed by atoms with Crippen molar-refractivity contribution in [3.05, 3.63) is 0 Å². The molecule has 0 aromatic rings. The number of thioether (sulfide) groups is 1. The molecule has 0 rings (SSSR count). The van der Waals surface area contributed by atoms with E-state index in [-0.39, 0.29) is 0 Å². The lowest BCUT2D eigenvalue weighted by Crippen LogP contribution is -2.17. The van der Waals surface area contributed by atoms with Crippen molar-refractivity contribution in [1.29, 1.82) is 0 Å². The minimum Gasteiger partial charge on any atom is -0.330 e. The van der Waals surface area contributed by atoms with Crippen molar-refractivity contribution in [2.45, 2.75) is 19.4 Å². The molecule has 0 aliphatic heterocycles. The summed E-state index contributed by atoms with van der Waals surface area (Å²) in [6, 6.07) is 0.327. The van der Waals surface area contributed by atoms with Crippen LogP contribution in [-0.4, -0.2) is 24.1 Å². The predicted molar refractivity (Wildman–Crippen MR) is 44.6 cm³/mol. The molecule has 0 saturated carbocycles. The molecule has 0 radical (unpaired) electrons. The van der Waals surface area contributed by atoms with Crippen molar-refractivity contribution in [2.24, 2.45) is 11.5 Å². The van der Waals surface area contributed by atoms with Crippen LogP contribution >= 0.6 is 11.8 Å². The number of nitrogens with two attached hydrogens (primary N) is 2. The summed E-state index contributed by atoms with van der Waals surface area (Å²) < 4.78 is 0. The highest BCUT2D eigenvalue weighted by molar-refractivity contribution is 7.99. The van der Waals surface area contributed by atoms with E-state index in [1.54, 1.807) is 0 Å². The zero-order chi connectivity index (χ0) is 7.11. The fourth-order valence-corrected chi connectivity index (χ4v) is 1.36. The number of hydrogen-bond acceptors (Lipinski definition) is 3. The van der Waals surface area contributed by atoms with Crippen LogP contribution in [0, 0.1) is 0 Å². The van der Waals surface area contributed by atoms with E-state index in [1.165, 1.54) is 0 Å². The van der Waals surface area contributed by atoms with Crippen molar-refractivity contribution in [1.82, 2.24) is 0 Å². The van der Waals surface area contributed by atoms with Gasteiger partial charge in [0.2, 0.25) is 0 Å². The fourth-order valence-electron chi connectivity index (χ4n) is 0.455. The van der Waals surface area contributed by atoms with Crippen LogP contribution in [0.5, 0.6) is 0 Å². The van der Waals surface area contributed by atoms with Crippen molar-refractivity contribution in [3.8, 4) is 0 Å². The van der Waals surface area contributed by atoms with Gasteiger partial charge in [-0.3, -0.25) is 0 Å². The molecular formula is C6H16N2S. The third kappa shape index (κ3) is 8.27. The Morgan fingerprint density at radius 2 is 2.22 bits per heavy atom. The van der Waals surface area contributed by atoms with E-state index in [1.807, 2.05) is 18.7 Å². The summed E-state index contributed by atoms with van der Waals surface area (Å²) in [5.41, 5.74) is 10.8. The number of rotatable bonds is 5. The van der Waals surface area contributed by atoms with E-state index in [9.17, 15) is 0 Å². The Balaban J connectivity index is 2.75. The molecule has 0 heterocycles. The summed E-state index contributed by atoms with van der Waals surface area (Å²) in [6.07, 6.45) is 1.11. The van der Waals surface area contributed by atoms with Gasteiger partial charge in [-0.2, -0.15) is 11.8 Å².